The SMILES string of the molecule is CN=C(NCCc1ccccc1OC)N1CCC(COC)C1.I. The van der Waals surface area contributed by atoms with Gasteiger partial charge in [-0.15, -0.1) is 24.0 Å². The molecule has 6 heteroatoms. The maximum Gasteiger partial charge on any atom is 0.193 e. The van der Waals surface area contributed by atoms with Crippen molar-refractivity contribution in [3.8, 4) is 5.75 Å². The highest BCUT2D eigenvalue weighted by molar-refractivity contribution is 14.0. The summed E-state index contributed by atoms with van der Waals surface area (Å²) in [6.45, 7) is 3.73. The molecule has 0 aliphatic carbocycles. The fourth-order valence-electron chi connectivity index (χ4n) is 2.95. The monoisotopic (exact) mass is 433 g/mol. The molecular weight excluding hydrogens is 405 g/mol. The van der Waals surface area contributed by atoms with Gasteiger partial charge in [0.05, 0.1) is 13.7 Å². The molecule has 0 radical (unpaired) electrons. The van der Waals surface area contributed by atoms with E-state index >= 15 is 0 Å². The van der Waals surface area contributed by atoms with Gasteiger partial charge in [0, 0.05) is 39.7 Å². The summed E-state index contributed by atoms with van der Waals surface area (Å²) in [6.07, 6.45) is 2.08. The van der Waals surface area contributed by atoms with Crippen molar-refractivity contribution < 1.29 is 9.47 Å². The number of likely N-dealkylation sites (tertiary alicyclic amines) is 1. The molecule has 1 aromatic carbocycles. The van der Waals surface area contributed by atoms with Crippen LogP contribution in [0.25, 0.3) is 0 Å². The van der Waals surface area contributed by atoms with E-state index in [1.54, 1.807) is 14.2 Å². The van der Waals surface area contributed by atoms with E-state index in [1.165, 1.54) is 12.0 Å². The van der Waals surface area contributed by atoms with Crippen LogP contribution in [0.5, 0.6) is 5.75 Å². The zero-order valence-electron chi connectivity index (χ0n) is 14.2. The Morgan fingerprint density at radius 2 is 2.13 bits per heavy atom. The molecule has 1 atom stereocenters. The highest BCUT2D eigenvalue weighted by Gasteiger charge is 2.24. The molecule has 130 valence electrons. The van der Waals surface area contributed by atoms with E-state index in [-0.39, 0.29) is 24.0 Å². The van der Waals surface area contributed by atoms with E-state index in [4.69, 9.17) is 9.47 Å². The molecule has 2 rings (SSSR count). The minimum atomic E-state index is 0. The van der Waals surface area contributed by atoms with E-state index in [1.807, 2.05) is 25.2 Å². The van der Waals surface area contributed by atoms with Crippen LogP contribution in [0.3, 0.4) is 0 Å². The van der Waals surface area contributed by atoms with Crippen LogP contribution in [0.1, 0.15) is 12.0 Å². The van der Waals surface area contributed by atoms with E-state index < -0.39 is 0 Å². The fourth-order valence-corrected chi connectivity index (χ4v) is 2.95. The third-order valence-electron chi connectivity index (χ3n) is 4.07. The molecule has 0 bridgehead atoms. The van der Waals surface area contributed by atoms with Crippen molar-refractivity contribution in [1.82, 2.24) is 10.2 Å². The molecule has 0 amide bonds. The number of nitrogens with one attached hydrogen (secondary N) is 1. The van der Waals surface area contributed by atoms with E-state index in [2.05, 4.69) is 21.3 Å². The van der Waals surface area contributed by atoms with Gasteiger partial charge < -0.3 is 19.7 Å². The first kappa shape index (κ1) is 20.0. The Hall–Kier alpha value is -1.02. The Balaban J connectivity index is 0.00000264. The lowest BCUT2D eigenvalue weighted by Crippen LogP contribution is -2.41. The molecular formula is C17H28IN3O2. The lowest BCUT2D eigenvalue weighted by molar-refractivity contribution is 0.157. The second kappa shape index (κ2) is 10.7. The van der Waals surface area contributed by atoms with Gasteiger partial charge in [-0.1, -0.05) is 18.2 Å². The molecule has 0 spiro atoms. The molecule has 1 fully saturated rings. The number of nitrogens with zero attached hydrogens (tertiary/aromatic N) is 2. The van der Waals surface area contributed by atoms with Gasteiger partial charge in [-0.3, -0.25) is 4.99 Å². The Bertz CT molecular complexity index is 496. The molecule has 5 nitrogen and oxygen atoms in total. The van der Waals surface area contributed by atoms with Crippen molar-refractivity contribution in [3.05, 3.63) is 29.8 Å². The predicted molar refractivity (Wildman–Crippen MR) is 105 cm³/mol. The van der Waals surface area contributed by atoms with E-state index in [0.29, 0.717) is 5.92 Å². The standard InChI is InChI=1S/C17H27N3O2.HI/c1-18-17(20-11-9-14(12-20)13-21-2)19-10-8-15-6-4-5-7-16(15)22-3;/h4-7,14H,8-13H2,1-3H3,(H,18,19);1H. The fraction of sp³-hybridized carbons (Fsp3) is 0.588. The highest BCUT2D eigenvalue weighted by Crippen LogP contribution is 2.18. The predicted octanol–water partition coefficient (Wildman–Crippen LogP) is 2.40. The summed E-state index contributed by atoms with van der Waals surface area (Å²) in [4.78, 5) is 6.71. The highest BCUT2D eigenvalue weighted by atomic mass is 127. The van der Waals surface area contributed by atoms with Gasteiger partial charge >= 0.3 is 0 Å². The molecule has 1 aliphatic rings. The second-order valence-electron chi connectivity index (χ2n) is 5.59. The quantitative estimate of drug-likeness (QED) is 0.425. The van der Waals surface area contributed by atoms with Crippen LogP contribution >= 0.6 is 24.0 Å². The molecule has 1 unspecified atom stereocenters. The minimum absolute atomic E-state index is 0. The average molecular weight is 433 g/mol. The summed E-state index contributed by atoms with van der Waals surface area (Å²) in [5.41, 5.74) is 1.21. The number of para-hydroxylation sites is 1. The van der Waals surface area contributed by atoms with Crippen LogP contribution in [-0.2, 0) is 11.2 Å². The number of rotatable bonds is 6. The number of halogens is 1. The van der Waals surface area contributed by atoms with Crippen molar-refractivity contribution in [2.24, 2.45) is 10.9 Å². The molecule has 1 N–H and O–H groups in total. The van der Waals surface area contributed by atoms with Crippen LogP contribution in [0, 0.1) is 5.92 Å². The topological polar surface area (TPSA) is 46.1 Å². The van der Waals surface area contributed by atoms with Crippen molar-refractivity contribution >= 4 is 29.9 Å². The van der Waals surface area contributed by atoms with Crippen LogP contribution < -0.4 is 10.1 Å². The number of aliphatic imine (C=N–C) groups is 1. The Kier molecular flexibility index (Phi) is 9.31. The van der Waals surface area contributed by atoms with Gasteiger partial charge in [0.15, 0.2) is 5.96 Å². The number of benzene rings is 1. The molecule has 1 heterocycles. The first-order valence-corrected chi connectivity index (χ1v) is 7.85. The maximum absolute atomic E-state index is 5.39. The Labute approximate surface area is 156 Å². The summed E-state index contributed by atoms with van der Waals surface area (Å²) in [5, 5.41) is 3.45. The Morgan fingerprint density at radius 3 is 2.83 bits per heavy atom. The zero-order valence-corrected chi connectivity index (χ0v) is 16.6. The third kappa shape index (κ3) is 5.84. The molecule has 1 saturated heterocycles. The number of methoxy groups -OCH3 is 2. The maximum atomic E-state index is 5.39. The van der Waals surface area contributed by atoms with Crippen LogP contribution in [0.2, 0.25) is 0 Å². The average Bonchev–Trinajstić information content (AvgIpc) is 3.01. The van der Waals surface area contributed by atoms with Crippen LogP contribution in [-0.4, -0.2) is 58.4 Å². The van der Waals surface area contributed by atoms with E-state index in [9.17, 15) is 0 Å². The van der Waals surface area contributed by atoms with Crippen LogP contribution in [0.4, 0.5) is 0 Å². The number of hydrogen-bond donors (Lipinski definition) is 1. The first-order chi connectivity index (χ1) is 10.8. The molecule has 0 saturated carbocycles. The van der Waals surface area contributed by atoms with Gasteiger partial charge in [-0.05, 0) is 24.5 Å². The largest absolute Gasteiger partial charge is 0.496 e. The molecule has 1 aliphatic heterocycles. The molecule has 1 aromatic rings. The van der Waals surface area contributed by atoms with Gasteiger partial charge in [0.1, 0.15) is 5.75 Å². The van der Waals surface area contributed by atoms with Crippen molar-refractivity contribution in [1.29, 1.82) is 0 Å². The second-order valence-corrected chi connectivity index (χ2v) is 5.59. The number of ether oxygens (including phenoxy) is 2. The summed E-state index contributed by atoms with van der Waals surface area (Å²) >= 11 is 0. The van der Waals surface area contributed by atoms with Gasteiger partial charge in [-0.2, -0.15) is 0 Å². The lowest BCUT2D eigenvalue weighted by Gasteiger charge is -2.21. The van der Waals surface area contributed by atoms with Gasteiger partial charge in [-0.25, -0.2) is 0 Å². The first-order valence-electron chi connectivity index (χ1n) is 7.85. The number of hydrogen-bond acceptors (Lipinski definition) is 3. The smallest absolute Gasteiger partial charge is 0.193 e. The zero-order chi connectivity index (χ0) is 15.8. The lowest BCUT2D eigenvalue weighted by atomic mass is 10.1. The number of guanidine groups is 1. The summed E-state index contributed by atoms with van der Waals surface area (Å²) in [6, 6.07) is 8.14. The third-order valence-corrected chi connectivity index (χ3v) is 4.07. The van der Waals surface area contributed by atoms with Crippen LogP contribution in [0.15, 0.2) is 29.3 Å². The minimum Gasteiger partial charge on any atom is -0.496 e. The summed E-state index contributed by atoms with van der Waals surface area (Å²) in [5.74, 6) is 2.53. The van der Waals surface area contributed by atoms with Crippen molar-refractivity contribution in [2.75, 3.05) is 47.5 Å². The normalized spacial score (nSPS) is 17.8. The molecule has 23 heavy (non-hydrogen) atoms. The van der Waals surface area contributed by atoms with Gasteiger partial charge in [0.2, 0.25) is 0 Å². The van der Waals surface area contributed by atoms with E-state index in [0.717, 1.165) is 44.4 Å². The summed E-state index contributed by atoms with van der Waals surface area (Å²) in [7, 11) is 5.32. The van der Waals surface area contributed by atoms with Crippen molar-refractivity contribution in [2.45, 2.75) is 12.8 Å². The summed E-state index contributed by atoms with van der Waals surface area (Å²) < 4.78 is 10.6. The molecule has 0 aromatic heterocycles. The van der Waals surface area contributed by atoms with Gasteiger partial charge in [0.25, 0.3) is 0 Å². The van der Waals surface area contributed by atoms with Crippen molar-refractivity contribution in [3.63, 3.8) is 0 Å². The Morgan fingerprint density at radius 1 is 1.35 bits per heavy atom.